The molecule has 0 spiro atoms. The molecular weight excluding hydrogens is 395 g/mol. The first-order chi connectivity index (χ1) is 15.0. The highest BCUT2D eigenvalue weighted by atomic mass is 19.1. The molecule has 1 unspecified atom stereocenters. The Balaban J connectivity index is 1.50. The largest absolute Gasteiger partial charge is 0.353 e. The van der Waals surface area contributed by atoms with Crippen LogP contribution in [-0.2, 0) is 11.3 Å². The molecule has 1 N–H and O–H groups in total. The number of nitrogens with zero attached hydrogens (tertiary/aromatic N) is 3. The van der Waals surface area contributed by atoms with Gasteiger partial charge in [-0.05, 0) is 62.7 Å². The maximum atomic E-state index is 13.4. The third-order valence-corrected chi connectivity index (χ3v) is 5.93. The van der Waals surface area contributed by atoms with Crippen LogP contribution in [0.5, 0.6) is 0 Å². The van der Waals surface area contributed by atoms with Crippen LogP contribution in [0, 0.1) is 12.7 Å². The standard InChI is InChI=1S/C24H27FN4O2/c1-17-27-21-8-4-3-7-20(21)24(31)29(17)16-23(30)26-15-22(28-13-5-2-6-14-28)18-9-11-19(25)12-10-18/h3-4,7-12,22H,2,5-6,13-16H2,1H3,(H,26,30). The predicted molar refractivity (Wildman–Crippen MR) is 118 cm³/mol. The number of amides is 1. The van der Waals surface area contributed by atoms with Gasteiger partial charge in [-0.15, -0.1) is 0 Å². The van der Waals surface area contributed by atoms with Crippen molar-refractivity contribution in [1.82, 2.24) is 19.8 Å². The number of aromatic nitrogens is 2. The Kier molecular flexibility index (Phi) is 6.42. The molecule has 1 atom stereocenters. The third kappa shape index (κ3) is 4.82. The Morgan fingerprint density at radius 1 is 1.10 bits per heavy atom. The SMILES string of the molecule is Cc1nc2ccccc2c(=O)n1CC(=O)NCC(c1ccc(F)cc1)N1CCCCC1. The summed E-state index contributed by atoms with van der Waals surface area (Å²) in [5.74, 6) is -0.0137. The van der Waals surface area contributed by atoms with Crippen LogP contribution in [-0.4, -0.2) is 40.0 Å². The van der Waals surface area contributed by atoms with Gasteiger partial charge in [-0.1, -0.05) is 30.7 Å². The summed E-state index contributed by atoms with van der Waals surface area (Å²) in [7, 11) is 0. The van der Waals surface area contributed by atoms with E-state index in [9.17, 15) is 14.0 Å². The highest BCUT2D eigenvalue weighted by Gasteiger charge is 2.23. The molecule has 2 aromatic carbocycles. The van der Waals surface area contributed by atoms with E-state index in [1.807, 2.05) is 6.07 Å². The Morgan fingerprint density at radius 2 is 1.81 bits per heavy atom. The Labute approximate surface area is 180 Å². The second-order valence-corrected chi connectivity index (χ2v) is 8.04. The van der Waals surface area contributed by atoms with Crippen LogP contribution in [0.3, 0.4) is 0 Å². The fourth-order valence-electron chi connectivity index (χ4n) is 4.25. The van der Waals surface area contributed by atoms with Crippen LogP contribution in [0.2, 0.25) is 0 Å². The molecule has 0 radical (unpaired) electrons. The van der Waals surface area contributed by atoms with Gasteiger partial charge in [0.1, 0.15) is 18.2 Å². The molecular formula is C24H27FN4O2. The molecule has 7 heteroatoms. The molecule has 1 aromatic heterocycles. The van der Waals surface area contributed by atoms with Crippen molar-refractivity contribution >= 4 is 16.8 Å². The first-order valence-electron chi connectivity index (χ1n) is 10.8. The minimum Gasteiger partial charge on any atom is -0.353 e. The van der Waals surface area contributed by atoms with Gasteiger partial charge in [0.2, 0.25) is 5.91 Å². The van der Waals surface area contributed by atoms with E-state index >= 15 is 0 Å². The van der Waals surface area contributed by atoms with Gasteiger partial charge in [0.25, 0.3) is 5.56 Å². The fraction of sp³-hybridized carbons (Fsp3) is 0.375. The number of carbonyl (C=O) groups is 1. The molecule has 4 rings (SSSR count). The van der Waals surface area contributed by atoms with Crippen molar-refractivity contribution < 1.29 is 9.18 Å². The summed E-state index contributed by atoms with van der Waals surface area (Å²) in [4.78, 5) is 32.4. The zero-order valence-electron chi connectivity index (χ0n) is 17.7. The fourth-order valence-corrected chi connectivity index (χ4v) is 4.25. The van der Waals surface area contributed by atoms with E-state index in [1.54, 1.807) is 37.3 Å². The van der Waals surface area contributed by atoms with E-state index in [-0.39, 0.29) is 29.9 Å². The summed E-state index contributed by atoms with van der Waals surface area (Å²) in [6, 6.07) is 13.6. The van der Waals surface area contributed by atoms with E-state index in [2.05, 4.69) is 15.2 Å². The highest BCUT2D eigenvalue weighted by molar-refractivity contribution is 5.79. The van der Waals surface area contributed by atoms with Gasteiger partial charge in [-0.25, -0.2) is 9.37 Å². The quantitative estimate of drug-likeness (QED) is 0.663. The average molecular weight is 423 g/mol. The van der Waals surface area contributed by atoms with Gasteiger partial charge in [0, 0.05) is 6.54 Å². The van der Waals surface area contributed by atoms with Crippen molar-refractivity contribution in [3.05, 3.63) is 76.1 Å². The van der Waals surface area contributed by atoms with Crippen molar-refractivity contribution in [2.24, 2.45) is 0 Å². The van der Waals surface area contributed by atoms with Crippen molar-refractivity contribution in [1.29, 1.82) is 0 Å². The topological polar surface area (TPSA) is 67.2 Å². The van der Waals surface area contributed by atoms with Crippen LogP contribution in [0.1, 0.15) is 36.7 Å². The van der Waals surface area contributed by atoms with Crippen LogP contribution < -0.4 is 10.9 Å². The molecule has 31 heavy (non-hydrogen) atoms. The number of hydrogen-bond donors (Lipinski definition) is 1. The number of rotatable bonds is 6. The van der Waals surface area contributed by atoms with E-state index < -0.39 is 0 Å². The van der Waals surface area contributed by atoms with Gasteiger partial charge in [-0.2, -0.15) is 0 Å². The minimum absolute atomic E-state index is 0.0302. The van der Waals surface area contributed by atoms with Crippen molar-refractivity contribution in [3.63, 3.8) is 0 Å². The van der Waals surface area contributed by atoms with Gasteiger partial charge in [-0.3, -0.25) is 19.1 Å². The predicted octanol–water partition coefficient (Wildman–Crippen LogP) is 3.19. The molecule has 1 fully saturated rings. The smallest absolute Gasteiger partial charge is 0.261 e. The number of aryl methyl sites for hydroxylation is 1. The summed E-state index contributed by atoms with van der Waals surface area (Å²) < 4.78 is 14.8. The van der Waals surface area contributed by atoms with Crippen LogP contribution in [0.4, 0.5) is 4.39 Å². The van der Waals surface area contributed by atoms with Crippen LogP contribution in [0.15, 0.2) is 53.3 Å². The lowest BCUT2D eigenvalue weighted by Crippen LogP contribution is -2.42. The number of para-hydroxylation sites is 1. The maximum Gasteiger partial charge on any atom is 0.261 e. The second-order valence-electron chi connectivity index (χ2n) is 8.04. The molecule has 6 nitrogen and oxygen atoms in total. The van der Waals surface area contributed by atoms with Crippen molar-refractivity contribution in [2.75, 3.05) is 19.6 Å². The van der Waals surface area contributed by atoms with Crippen LogP contribution >= 0.6 is 0 Å². The Morgan fingerprint density at radius 3 is 2.55 bits per heavy atom. The average Bonchev–Trinajstić information content (AvgIpc) is 2.78. The summed E-state index contributed by atoms with van der Waals surface area (Å²) >= 11 is 0. The molecule has 0 saturated carbocycles. The number of piperidine rings is 1. The monoisotopic (exact) mass is 422 g/mol. The molecule has 1 saturated heterocycles. The number of nitrogens with one attached hydrogen (secondary N) is 1. The van der Waals surface area contributed by atoms with Crippen LogP contribution in [0.25, 0.3) is 10.9 Å². The summed E-state index contributed by atoms with van der Waals surface area (Å²) in [6.07, 6.45) is 3.43. The lowest BCUT2D eigenvalue weighted by Gasteiger charge is -2.35. The normalized spacial score (nSPS) is 15.7. The van der Waals surface area contributed by atoms with E-state index in [1.165, 1.54) is 23.1 Å². The van der Waals surface area contributed by atoms with Crippen molar-refractivity contribution in [3.8, 4) is 0 Å². The number of fused-ring (bicyclic) bond motifs is 1. The highest BCUT2D eigenvalue weighted by Crippen LogP contribution is 2.24. The first-order valence-corrected chi connectivity index (χ1v) is 10.8. The molecule has 1 amide bonds. The zero-order valence-corrected chi connectivity index (χ0v) is 17.7. The summed E-state index contributed by atoms with van der Waals surface area (Å²) in [5.41, 5.74) is 1.39. The lowest BCUT2D eigenvalue weighted by molar-refractivity contribution is -0.122. The Hall–Kier alpha value is -3.06. The van der Waals surface area contributed by atoms with Gasteiger partial charge < -0.3 is 5.32 Å². The zero-order chi connectivity index (χ0) is 21.8. The second kappa shape index (κ2) is 9.39. The summed E-state index contributed by atoms with van der Waals surface area (Å²) in [6.45, 7) is 3.95. The number of halogens is 1. The number of benzene rings is 2. The van der Waals surface area contributed by atoms with E-state index in [0.717, 1.165) is 31.5 Å². The lowest BCUT2D eigenvalue weighted by atomic mass is 10.0. The molecule has 0 bridgehead atoms. The molecule has 1 aliphatic rings. The van der Waals surface area contributed by atoms with Gasteiger partial charge >= 0.3 is 0 Å². The molecule has 2 heterocycles. The van der Waals surface area contributed by atoms with Gasteiger partial charge in [0.15, 0.2) is 0 Å². The molecule has 3 aromatic rings. The van der Waals surface area contributed by atoms with E-state index in [0.29, 0.717) is 23.3 Å². The van der Waals surface area contributed by atoms with Crippen molar-refractivity contribution in [2.45, 2.75) is 38.8 Å². The summed E-state index contributed by atoms with van der Waals surface area (Å²) in [5, 5.41) is 3.48. The van der Waals surface area contributed by atoms with E-state index in [4.69, 9.17) is 0 Å². The molecule has 1 aliphatic heterocycles. The first kappa shape index (κ1) is 21.2. The Bertz CT molecular complexity index is 1120. The molecule has 162 valence electrons. The third-order valence-electron chi connectivity index (χ3n) is 5.93. The molecule has 0 aliphatic carbocycles. The number of likely N-dealkylation sites (tertiary alicyclic amines) is 1. The maximum absolute atomic E-state index is 13.4. The van der Waals surface area contributed by atoms with Gasteiger partial charge in [0.05, 0.1) is 16.9 Å². The number of hydrogen-bond acceptors (Lipinski definition) is 4. The minimum atomic E-state index is -0.274. The number of carbonyl (C=O) groups excluding carboxylic acids is 1.